The van der Waals surface area contributed by atoms with E-state index >= 15 is 0 Å². The van der Waals surface area contributed by atoms with Gasteiger partial charge in [-0.25, -0.2) is 0 Å². The predicted octanol–water partition coefficient (Wildman–Crippen LogP) is 3.16. The fourth-order valence-corrected chi connectivity index (χ4v) is 4.11. The van der Waals surface area contributed by atoms with E-state index in [1.807, 2.05) is 30.3 Å². The molecule has 3 aromatic rings. The van der Waals surface area contributed by atoms with Gasteiger partial charge in [-0.3, -0.25) is 10.1 Å². The van der Waals surface area contributed by atoms with Gasteiger partial charge in [0.15, 0.2) is 5.54 Å². The molecule has 114 valence electrons. The van der Waals surface area contributed by atoms with Crippen LogP contribution in [0.15, 0.2) is 42.5 Å². The van der Waals surface area contributed by atoms with Crippen molar-refractivity contribution in [3.63, 3.8) is 0 Å². The van der Waals surface area contributed by atoms with Crippen LogP contribution in [0.3, 0.4) is 0 Å². The van der Waals surface area contributed by atoms with Crippen LogP contribution in [-0.4, -0.2) is 17.4 Å². The van der Waals surface area contributed by atoms with Crippen molar-refractivity contribution in [2.75, 3.05) is 11.9 Å². The fraction of sp³-hybridized carbons (Fsp3) is 0.167. The number of hydrogen-bond acceptors (Lipinski definition) is 2. The number of aromatic amines is 1. The lowest BCUT2D eigenvalue weighted by Crippen LogP contribution is -2.53. The van der Waals surface area contributed by atoms with Crippen LogP contribution < -0.4 is 10.6 Å². The van der Waals surface area contributed by atoms with E-state index in [9.17, 15) is 4.79 Å². The maximum absolute atomic E-state index is 12.9. The van der Waals surface area contributed by atoms with Gasteiger partial charge in [-0.05, 0) is 36.2 Å². The molecule has 3 N–H and O–H groups in total. The minimum atomic E-state index is -0.882. The molecule has 0 saturated heterocycles. The highest BCUT2D eigenvalue weighted by molar-refractivity contribution is 6.31. The van der Waals surface area contributed by atoms with E-state index in [1.54, 1.807) is 6.07 Å². The molecule has 0 radical (unpaired) electrons. The van der Waals surface area contributed by atoms with Gasteiger partial charge >= 0.3 is 0 Å². The first-order chi connectivity index (χ1) is 11.2. The number of para-hydroxylation sites is 1. The van der Waals surface area contributed by atoms with Crippen molar-refractivity contribution in [3.8, 4) is 0 Å². The number of amides is 1. The van der Waals surface area contributed by atoms with Crippen LogP contribution in [0.2, 0.25) is 5.02 Å². The zero-order chi connectivity index (χ0) is 15.6. The molecule has 0 saturated carbocycles. The molecule has 0 aliphatic carbocycles. The minimum Gasteiger partial charge on any atom is -0.356 e. The third-order valence-electron chi connectivity index (χ3n) is 4.93. The monoisotopic (exact) mass is 323 g/mol. The Hall–Kier alpha value is -2.30. The number of hydrogen-bond donors (Lipinski definition) is 3. The summed E-state index contributed by atoms with van der Waals surface area (Å²) >= 11 is 6.20. The SMILES string of the molecule is O=C1Nc2ccc(Cl)cc2[C@]12NCCc1c2[nH]c2ccccc12. The maximum atomic E-state index is 12.9. The van der Waals surface area contributed by atoms with Gasteiger partial charge in [0, 0.05) is 33.7 Å². The molecule has 1 aromatic heterocycles. The summed E-state index contributed by atoms with van der Waals surface area (Å²) in [4.78, 5) is 16.4. The first kappa shape index (κ1) is 13.2. The van der Waals surface area contributed by atoms with Crippen LogP contribution in [0.4, 0.5) is 5.69 Å². The number of halogens is 1. The summed E-state index contributed by atoms with van der Waals surface area (Å²) in [6, 6.07) is 13.7. The summed E-state index contributed by atoms with van der Waals surface area (Å²) < 4.78 is 0. The van der Waals surface area contributed by atoms with Crippen molar-refractivity contribution in [2.45, 2.75) is 12.0 Å². The predicted molar refractivity (Wildman–Crippen MR) is 90.9 cm³/mol. The van der Waals surface area contributed by atoms with Crippen molar-refractivity contribution in [1.29, 1.82) is 0 Å². The number of anilines is 1. The summed E-state index contributed by atoms with van der Waals surface area (Å²) in [5.41, 5.74) is 4.03. The number of aromatic nitrogens is 1. The summed E-state index contributed by atoms with van der Waals surface area (Å²) in [6.07, 6.45) is 0.893. The van der Waals surface area contributed by atoms with Crippen LogP contribution in [0.5, 0.6) is 0 Å². The van der Waals surface area contributed by atoms with Crippen molar-refractivity contribution in [2.24, 2.45) is 0 Å². The van der Waals surface area contributed by atoms with Crippen molar-refractivity contribution in [1.82, 2.24) is 10.3 Å². The van der Waals surface area contributed by atoms with Crippen molar-refractivity contribution < 1.29 is 4.79 Å². The third-order valence-corrected chi connectivity index (χ3v) is 5.16. The van der Waals surface area contributed by atoms with Crippen LogP contribution in [0.1, 0.15) is 16.8 Å². The molecule has 2 aliphatic heterocycles. The van der Waals surface area contributed by atoms with E-state index in [0.29, 0.717) is 5.02 Å². The number of carbonyl (C=O) groups excluding carboxylic acids is 1. The Morgan fingerprint density at radius 3 is 2.91 bits per heavy atom. The normalized spacial score (nSPS) is 22.2. The van der Waals surface area contributed by atoms with Gasteiger partial charge in [0.2, 0.25) is 0 Å². The molecule has 4 nitrogen and oxygen atoms in total. The molecule has 1 spiro atoms. The van der Waals surface area contributed by atoms with E-state index in [4.69, 9.17) is 11.6 Å². The first-order valence-electron chi connectivity index (χ1n) is 7.67. The van der Waals surface area contributed by atoms with Gasteiger partial charge in [0.25, 0.3) is 5.91 Å². The molecular weight excluding hydrogens is 310 g/mol. The second-order valence-electron chi connectivity index (χ2n) is 6.09. The fourth-order valence-electron chi connectivity index (χ4n) is 3.94. The number of nitrogens with one attached hydrogen (secondary N) is 3. The second-order valence-corrected chi connectivity index (χ2v) is 6.53. The summed E-state index contributed by atoms with van der Waals surface area (Å²) in [7, 11) is 0. The summed E-state index contributed by atoms with van der Waals surface area (Å²) in [5.74, 6) is -0.0535. The lowest BCUT2D eigenvalue weighted by molar-refractivity contribution is -0.120. The highest BCUT2D eigenvalue weighted by Crippen LogP contribution is 2.45. The van der Waals surface area contributed by atoms with E-state index < -0.39 is 5.54 Å². The minimum absolute atomic E-state index is 0.0535. The Labute approximate surface area is 137 Å². The second kappa shape index (κ2) is 4.37. The highest BCUT2D eigenvalue weighted by Gasteiger charge is 2.52. The molecule has 2 aliphatic rings. The molecule has 5 heteroatoms. The molecule has 2 aromatic carbocycles. The van der Waals surface area contributed by atoms with E-state index in [-0.39, 0.29) is 5.91 Å². The quantitative estimate of drug-likeness (QED) is 0.595. The first-order valence-corrected chi connectivity index (χ1v) is 8.04. The molecule has 1 amide bonds. The molecule has 0 unspecified atom stereocenters. The lowest BCUT2D eigenvalue weighted by Gasteiger charge is -2.33. The lowest BCUT2D eigenvalue weighted by atomic mass is 9.82. The largest absolute Gasteiger partial charge is 0.356 e. The van der Waals surface area contributed by atoms with Crippen LogP contribution in [0, 0.1) is 0 Å². The Balaban J connectivity index is 1.87. The number of carbonyl (C=O) groups is 1. The number of benzene rings is 2. The average molecular weight is 324 g/mol. The summed E-state index contributed by atoms with van der Waals surface area (Å²) in [5, 5.41) is 8.25. The van der Waals surface area contributed by atoms with Gasteiger partial charge in [-0.2, -0.15) is 0 Å². The number of fused-ring (bicyclic) bond motifs is 6. The zero-order valence-electron chi connectivity index (χ0n) is 12.2. The third kappa shape index (κ3) is 1.57. The molecule has 1 atom stereocenters. The van der Waals surface area contributed by atoms with Gasteiger partial charge in [-0.15, -0.1) is 0 Å². The van der Waals surface area contributed by atoms with Gasteiger partial charge in [-0.1, -0.05) is 29.8 Å². The van der Waals surface area contributed by atoms with Crippen LogP contribution in [0.25, 0.3) is 10.9 Å². The molecule has 0 fully saturated rings. The topological polar surface area (TPSA) is 56.9 Å². The number of rotatable bonds is 0. The van der Waals surface area contributed by atoms with Gasteiger partial charge in [0.1, 0.15) is 0 Å². The zero-order valence-corrected chi connectivity index (χ0v) is 13.0. The van der Waals surface area contributed by atoms with E-state index in [1.165, 1.54) is 10.9 Å². The Morgan fingerprint density at radius 1 is 1.13 bits per heavy atom. The molecule has 5 rings (SSSR count). The Kier molecular flexibility index (Phi) is 2.50. The van der Waals surface area contributed by atoms with Gasteiger partial charge in [0.05, 0.1) is 5.69 Å². The number of H-pyrrole nitrogens is 1. The molecule has 23 heavy (non-hydrogen) atoms. The smallest absolute Gasteiger partial charge is 0.255 e. The van der Waals surface area contributed by atoms with Gasteiger partial charge < -0.3 is 10.3 Å². The standard InChI is InChI=1S/C18H14ClN3O/c19-10-5-6-15-13(9-10)18(17(23)22-15)16-12(7-8-20-18)11-3-1-2-4-14(11)21-16/h1-6,9,20-21H,7-8H2,(H,22,23)/t18-/m1/s1. The van der Waals surface area contributed by atoms with Crippen molar-refractivity contribution >= 4 is 34.1 Å². The Morgan fingerprint density at radius 2 is 2.00 bits per heavy atom. The highest BCUT2D eigenvalue weighted by atomic mass is 35.5. The van der Waals surface area contributed by atoms with Crippen molar-refractivity contribution in [3.05, 3.63) is 64.3 Å². The molecule has 0 bridgehead atoms. The van der Waals surface area contributed by atoms with E-state index in [0.717, 1.165) is 35.4 Å². The van der Waals surface area contributed by atoms with Crippen LogP contribution >= 0.6 is 11.6 Å². The molecular formula is C18H14ClN3O. The Bertz CT molecular complexity index is 978. The van der Waals surface area contributed by atoms with E-state index in [2.05, 4.69) is 21.7 Å². The van der Waals surface area contributed by atoms with Crippen LogP contribution in [-0.2, 0) is 16.8 Å². The maximum Gasteiger partial charge on any atom is 0.255 e. The average Bonchev–Trinajstić information content (AvgIpc) is 3.06. The summed E-state index contributed by atoms with van der Waals surface area (Å²) in [6.45, 7) is 0.744. The molecule has 3 heterocycles.